The van der Waals surface area contributed by atoms with Gasteiger partial charge in [-0.05, 0) is 43.4 Å². The minimum Gasteiger partial charge on any atom is -0.481 e. The van der Waals surface area contributed by atoms with Crippen molar-refractivity contribution < 1.29 is 18.3 Å². The Balaban J connectivity index is 1.84. The Hall–Kier alpha value is -1.60. The molecule has 0 bridgehead atoms. The first-order chi connectivity index (χ1) is 11.4. The maximum atomic E-state index is 12.6. The monoisotopic (exact) mass is 350 g/mol. The molecule has 1 saturated heterocycles. The van der Waals surface area contributed by atoms with Crippen LogP contribution in [0.3, 0.4) is 0 Å². The number of anilines is 1. The molecule has 0 spiro atoms. The number of nitrogens with one attached hydrogen (secondary N) is 1. The van der Waals surface area contributed by atoms with Crippen molar-refractivity contribution in [2.24, 2.45) is 0 Å². The molecular weight excluding hydrogens is 328 g/mol. The molecule has 24 heavy (non-hydrogen) atoms. The molecule has 2 N–H and O–H groups in total. The Bertz CT molecular complexity index is 784. The molecular formula is C17H22N2O4S. The minimum absolute atomic E-state index is 0.170. The SMILES string of the molecule is O=C(O)C1(c2ccc3c(c2)S(=O)(=O)NC2CCCN32)CCCCC1. The molecule has 4 rings (SSSR count). The molecule has 1 aromatic rings. The first-order valence-electron chi connectivity index (χ1n) is 8.61. The molecule has 1 unspecified atom stereocenters. The van der Waals surface area contributed by atoms with Crippen molar-refractivity contribution in [1.82, 2.24) is 4.72 Å². The molecule has 1 aromatic carbocycles. The molecule has 1 aliphatic carbocycles. The molecule has 2 heterocycles. The van der Waals surface area contributed by atoms with Gasteiger partial charge in [0.05, 0.1) is 17.3 Å². The van der Waals surface area contributed by atoms with Gasteiger partial charge in [-0.1, -0.05) is 25.3 Å². The second-order valence-electron chi connectivity index (χ2n) is 7.10. The van der Waals surface area contributed by atoms with Crippen LogP contribution in [-0.4, -0.2) is 32.2 Å². The van der Waals surface area contributed by atoms with Crippen molar-refractivity contribution in [2.45, 2.75) is 61.4 Å². The number of hydrogen-bond donors (Lipinski definition) is 2. The molecule has 3 aliphatic rings. The predicted molar refractivity (Wildman–Crippen MR) is 89.5 cm³/mol. The average molecular weight is 350 g/mol. The summed E-state index contributed by atoms with van der Waals surface area (Å²) in [6.45, 7) is 0.823. The van der Waals surface area contributed by atoms with Crippen molar-refractivity contribution >= 4 is 21.7 Å². The van der Waals surface area contributed by atoms with Gasteiger partial charge in [0.1, 0.15) is 4.90 Å². The number of aliphatic carboxylic acids is 1. The molecule has 0 radical (unpaired) electrons. The molecule has 6 nitrogen and oxygen atoms in total. The molecule has 1 atom stereocenters. The van der Waals surface area contributed by atoms with Crippen LogP contribution in [0.1, 0.15) is 50.5 Å². The standard InChI is InChI=1S/C17H22N2O4S/c20-16(21)17(8-2-1-3-9-17)12-6-7-13-14(11-12)24(22,23)18-15-5-4-10-19(13)15/h6-7,11,15,18H,1-5,8-10H2,(H,20,21). The number of carbonyl (C=O) groups is 1. The number of carboxylic acids is 1. The summed E-state index contributed by atoms with van der Waals surface area (Å²) in [6, 6.07) is 5.24. The van der Waals surface area contributed by atoms with E-state index in [1.54, 1.807) is 12.1 Å². The summed E-state index contributed by atoms with van der Waals surface area (Å²) in [5.74, 6) is -0.845. The summed E-state index contributed by atoms with van der Waals surface area (Å²) in [5.41, 5.74) is 0.373. The van der Waals surface area contributed by atoms with Gasteiger partial charge >= 0.3 is 5.97 Å². The van der Waals surface area contributed by atoms with Crippen LogP contribution in [0.4, 0.5) is 5.69 Å². The van der Waals surface area contributed by atoms with Gasteiger partial charge in [-0.15, -0.1) is 0 Å². The third-order valence-corrected chi connectivity index (χ3v) is 7.26. The highest BCUT2D eigenvalue weighted by atomic mass is 32.2. The lowest BCUT2D eigenvalue weighted by Gasteiger charge is -2.37. The summed E-state index contributed by atoms with van der Waals surface area (Å²) >= 11 is 0. The summed E-state index contributed by atoms with van der Waals surface area (Å²) in [5, 5.41) is 9.85. The van der Waals surface area contributed by atoms with Crippen LogP contribution in [0.5, 0.6) is 0 Å². The van der Waals surface area contributed by atoms with E-state index in [-0.39, 0.29) is 11.1 Å². The van der Waals surface area contributed by atoms with Crippen LogP contribution in [0.15, 0.2) is 23.1 Å². The van der Waals surface area contributed by atoms with Crippen LogP contribution in [0, 0.1) is 0 Å². The quantitative estimate of drug-likeness (QED) is 0.854. The zero-order valence-corrected chi connectivity index (χ0v) is 14.3. The fourth-order valence-electron chi connectivity index (χ4n) is 4.47. The summed E-state index contributed by atoms with van der Waals surface area (Å²) < 4.78 is 28.0. The lowest BCUT2D eigenvalue weighted by molar-refractivity contribution is -0.145. The summed E-state index contributed by atoms with van der Waals surface area (Å²) in [6.07, 6.45) is 5.49. The van der Waals surface area contributed by atoms with Gasteiger partial charge in [0.25, 0.3) is 0 Å². The fourth-order valence-corrected chi connectivity index (χ4v) is 5.94. The van der Waals surface area contributed by atoms with Crippen LogP contribution in [0.25, 0.3) is 0 Å². The van der Waals surface area contributed by atoms with Gasteiger partial charge < -0.3 is 10.0 Å². The van der Waals surface area contributed by atoms with Gasteiger partial charge in [0, 0.05) is 6.54 Å². The van der Waals surface area contributed by atoms with Crippen LogP contribution in [-0.2, 0) is 20.2 Å². The largest absolute Gasteiger partial charge is 0.481 e. The normalized spacial score (nSPS) is 27.3. The molecule has 0 aromatic heterocycles. The van der Waals surface area contributed by atoms with Crippen molar-refractivity contribution in [3.05, 3.63) is 23.8 Å². The number of nitrogens with zero attached hydrogens (tertiary/aromatic N) is 1. The second-order valence-corrected chi connectivity index (χ2v) is 8.79. The van der Waals surface area contributed by atoms with E-state index < -0.39 is 21.4 Å². The number of fused-ring (bicyclic) bond motifs is 3. The minimum atomic E-state index is -3.59. The lowest BCUT2D eigenvalue weighted by atomic mass is 9.69. The first-order valence-corrected chi connectivity index (χ1v) is 10.1. The van der Waals surface area contributed by atoms with E-state index in [0.29, 0.717) is 24.1 Å². The Kier molecular flexibility index (Phi) is 3.61. The number of carboxylic acid groups (broad SMARTS) is 1. The van der Waals surface area contributed by atoms with Gasteiger partial charge in [-0.25, -0.2) is 8.42 Å². The van der Waals surface area contributed by atoms with E-state index in [1.165, 1.54) is 0 Å². The van der Waals surface area contributed by atoms with Crippen molar-refractivity contribution in [3.63, 3.8) is 0 Å². The number of benzene rings is 1. The zero-order chi connectivity index (χ0) is 16.9. The third-order valence-electron chi connectivity index (χ3n) is 5.77. The fraction of sp³-hybridized carbons (Fsp3) is 0.588. The van der Waals surface area contributed by atoms with E-state index >= 15 is 0 Å². The highest BCUT2D eigenvalue weighted by Crippen LogP contribution is 2.43. The van der Waals surface area contributed by atoms with Crippen LogP contribution in [0.2, 0.25) is 0 Å². The Morgan fingerprint density at radius 1 is 1.21 bits per heavy atom. The lowest BCUT2D eigenvalue weighted by Crippen LogP contribution is -2.49. The maximum Gasteiger partial charge on any atom is 0.314 e. The van der Waals surface area contributed by atoms with Crippen molar-refractivity contribution in [2.75, 3.05) is 11.4 Å². The highest BCUT2D eigenvalue weighted by Gasteiger charge is 2.44. The summed E-state index contributed by atoms with van der Waals surface area (Å²) in [4.78, 5) is 14.3. The molecule has 7 heteroatoms. The van der Waals surface area contributed by atoms with Crippen molar-refractivity contribution in [1.29, 1.82) is 0 Å². The molecule has 1 saturated carbocycles. The molecule has 2 aliphatic heterocycles. The van der Waals surface area contributed by atoms with Gasteiger partial charge in [0.15, 0.2) is 0 Å². The molecule has 0 amide bonds. The van der Waals surface area contributed by atoms with Crippen LogP contribution >= 0.6 is 0 Å². The Morgan fingerprint density at radius 3 is 2.67 bits per heavy atom. The first kappa shape index (κ1) is 15.9. The smallest absolute Gasteiger partial charge is 0.314 e. The Labute approximate surface area is 141 Å². The van der Waals surface area contributed by atoms with Crippen LogP contribution < -0.4 is 9.62 Å². The number of sulfonamides is 1. The predicted octanol–water partition coefficient (Wildman–Crippen LogP) is 2.19. The third kappa shape index (κ3) is 2.25. The number of rotatable bonds is 2. The van der Waals surface area contributed by atoms with Gasteiger partial charge in [-0.2, -0.15) is 4.72 Å². The molecule has 130 valence electrons. The van der Waals surface area contributed by atoms with Crippen molar-refractivity contribution in [3.8, 4) is 0 Å². The van der Waals surface area contributed by atoms with E-state index in [4.69, 9.17) is 0 Å². The maximum absolute atomic E-state index is 12.6. The van der Waals surface area contributed by atoms with Gasteiger partial charge in [0.2, 0.25) is 10.0 Å². The summed E-state index contributed by atoms with van der Waals surface area (Å²) in [7, 11) is -3.59. The van der Waals surface area contributed by atoms with E-state index in [9.17, 15) is 18.3 Å². The zero-order valence-electron chi connectivity index (χ0n) is 13.5. The topological polar surface area (TPSA) is 86.7 Å². The molecule has 2 fully saturated rings. The number of hydrogen-bond acceptors (Lipinski definition) is 4. The van der Waals surface area contributed by atoms with E-state index in [0.717, 1.165) is 38.6 Å². The average Bonchev–Trinajstić information content (AvgIpc) is 3.02. The highest BCUT2D eigenvalue weighted by molar-refractivity contribution is 7.89. The van der Waals surface area contributed by atoms with E-state index in [1.807, 2.05) is 6.07 Å². The Morgan fingerprint density at radius 2 is 1.96 bits per heavy atom. The van der Waals surface area contributed by atoms with E-state index in [2.05, 4.69) is 9.62 Å². The van der Waals surface area contributed by atoms with Gasteiger partial charge in [-0.3, -0.25) is 4.79 Å². The second kappa shape index (κ2) is 5.46.